The Hall–Kier alpha value is -3.17. The van der Waals surface area contributed by atoms with Gasteiger partial charge in [0.25, 0.3) is 0 Å². The van der Waals surface area contributed by atoms with Gasteiger partial charge in [0.15, 0.2) is 0 Å². The number of hydrogen-bond acceptors (Lipinski definition) is 6. The Morgan fingerprint density at radius 1 is 1.22 bits per heavy atom. The average Bonchev–Trinajstić information content (AvgIpc) is 3.67. The normalized spacial score (nSPS) is 23.0. The second-order valence-electron chi connectivity index (χ2n) is 11.9. The number of nitrogens with zero attached hydrogens (tertiary/aromatic N) is 2. The van der Waals surface area contributed by atoms with Gasteiger partial charge in [0, 0.05) is 36.0 Å². The summed E-state index contributed by atoms with van der Waals surface area (Å²) in [7, 11) is 1.42. The number of rotatable bonds is 10. The van der Waals surface area contributed by atoms with Crippen LogP contribution in [0, 0.1) is 23.1 Å². The van der Waals surface area contributed by atoms with Crippen molar-refractivity contribution in [1.82, 2.24) is 9.62 Å². The number of nitrogens with two attached hydrogens (primary N) is 2. The summed E-state index contributed by atoms with van der Waals surface area (Å²) >= 11 is -1.63. The van der Waals surface area contributed by atoms with E-state index >= 15 is 4.39 Å². The summed E-state index contributed by atoms with van der Waals surface area (Å²) in [6.45, 7) is 5.49. The maximum Gasteiger partial charge on any atom is 0.316 e. The van der Waals surface area contributed by atoms with E-state index in [4.69, 9.17) is 16.2 Å². The van der Waals surface area contributed by atoms with E-state index in [0.717, 1.165) is 24.2 Å². The molecule has 41 heavy (non-hydrogen) atoms. The van der Waals surface area contributed by atoms with Crippen LogP contribution in [0.3, 0.4) is 0 Å². The largest absolute Gasteiger partial charge is 0.598 e. The fourth-order valence-electron chi connectivity index (χ4n) is 5.65. The van der Waals surface area contributed by atoms with E-state index in [0.29, 0.717) is 23.5 Å². The van der Waals surface area contributed by atoms with Crippen LogP contribution in [0.2, 0.25) is 0 Å². The van der Waals surface area contributed by atoms with Gasteiger partial charge in [-0.2, -0.15) is 5.26 Å². The minimum atomic E-state index is -1.63. The van der Waals surface area contributed by atoms with Crippen molar-refractivity contribution >= 4 is 23.3 Å². The van der Waals surface area contributed by atoms with Crippen molar-refractivity contribution in [3.05, 3.63) is 70.5 Å². The molecular formula is C30H38FN5O4S. The molecule has 0 bridgehead atoms. The summed E-state index contributed by atoms with van der Waals surface area (Å²) in [6, 6.07) is 10.9. The molecule has 1 aliphatic heterocycles. The number of methoxy groups -OCH3 is 1. The SMILES string of the molecule is COC1CC(C(N)=O)N(C(N)=O)C1c1cccc(C(CCC2CC2)(N[S@+]([O-])C(C)(C)C)c2cccc(C#N)c2)c1F. The third-order valence-corrected chi connectivity index (χ3v) is 9.71. The summed E-state index contributed by atoms with van der Waals surface area (Å²) in [5.41, 5.74) is 11.3. The molecule has 4 unspecified atom stereocenters. The first-order valence-corrected chi connectivity index (χ1v) is 14.9. The molecule has 1 aliphatic carbocycles. The third-order valence-electron chi connectivity index (χ3n) is 8.07. The van der Waals surface area contributed by atoms with Crippen LogP contribution in [-0.4, -0.2) is 45.4 Å². The lowest BCUT2D eigenvalue weighted by molar-refractivity contribution is -0.121. The first-order valence-electron chi connectivity index (χ1n) is 13.7. The molecule has 2 aromatic rings. The molecule has 3 amide bonds. The van der Waals surface area contributed by atoms with Crippen LogP contribution in [0.15, 0.2) is 42.5 Å². The second kappa shape index (κ2) is 12.0. The molecule has 2 fully saturated rings. The highest BCUT2D eigenvalue weighted by atomic mass is 32.2. The minimum absolute atomic E-state index is 0.0619. The summed E-state index contributed by atoms with van der Waals surface area (Å²) in [5.74, 6) is -0.939. The molecule has 5 atom stereocenters. The molecule has 1 saturated carbocycles. The minimum Gasteiger partial charge on any atom is -0.598 e. The number of ether oxygens (including phenoxy) is 1. The number of nitrogens with one attached hydrogen (secondary N) is 1. The zero-order valence-electron chi connectivity index (χ0n) is 23.9. The highest BCUT2D eigenvalue weighted by Gasteiger charge is 2.50. The van der Waals surface area contributed by atoms with Crippen LogP contribution in [0.25, 0.3) is 0 Å². The molecule has 0 aromatic heterocycles. The van der Waals surface area contributed by atoms with Gasteiger partial charge in [-0.05, 0) is 57.2 Å². The maximum atomic E-state index is 17.1. The van der Waals surface area contributed by atoms with Gasteiger partial charge in [-0.25, -0.2) is 9.18 Å². The predicted molar refractivity (Wildman–Crippen MR) is 154 cm³/mol. The van der Waals surface area contributed by atoms with Crippen molar-refractivity contribution in [2.75, 3.05) is 7.11 Å². The van der Waals surface area contributed by atoms with Crippen molar-refractivity contribution in [2.45, 2.75) is 81.3 Å². The van der Waals surface area contributed by atoms with E-state index in [1.807, 2.05) is 20.8 Å². The number of amides is 3. The summed E-state index contributed by atoms with van der Waals surface area (Å²) in [6.07, 6.45) is 2.61. The van der Waals surface area contributed by atoms with Crippen LogP contribution < -0.4 is 16.2 Å². The lowest BCUT2D eigenvalue weighted by Crippen LogP contribution is -2.53. The smallest absolute Gasteiger partial charge is 0.316 e. The van der Waals surface area contributed by atoms with Crippen LogP contribution >= 0.6 is 0 Å². The molecular weight excluding hydrogens is 545 g/mol. The first kappa shape index (κ1) is 30.8. The Bertz CT molecular complexity index is 1340. The number of carbonyl (C=O) groups excluding carboxylic acids is 2. The number of halogens is 1. The number of carbonyl (C=O) groups is 2. The summed E-state index contributed by atoms with van der Waals surface area (Å²) in [5, 5.41) is 9.68. The quantitative estimate of drug-likeness (QED) is 0.360. The number of hydrogen-bond donors (Lipinski definition) is 3. The van der Waals surface area contributed by atoms with Gasteiger partial charge in [0.05, 0.1) is 23.8 Å². The van der Waals surface area contributed by atoms with Crippen molar-refractivity contribution in [1.29, 1.82) is 5.26 Å². The number of benzene rings is 2. The molecule has 9 nitrogen and oxygen atoms in total. The van der Waals surface area contributed by atoms with Crippen molar-refractivity contribution in [3.8, 4) is 6.07 Å². The van der Waals surface area contributed by atoms with Crippen LogP contribution in [0.4, 0.5) is 9.18 Å². The van der Waals surface area contributed by atoms with Gasteiger partial charge in [-0.3, -0.25) is 4.79 Å². The highest BCUT2D eigenvalue weighted by Crippen LogP contribution is 2.46. The standard InChI is InChI=1S/C30H38FN5O4S/c1-29(2,3)41(39)35-30(14-13-18-11-12-18,20-8-5-7-19(15-20)17-32)22-10-6-9-21(25(22)31)26-24(40-4)16-23(27(33)37)36(26)28(34)38/h5-10,15,18,23-24,26,35H,11-14,16H2,1-4H3,(H2,33,37)(H2,34,38)/t23?,24?,26?,30?,41-/m1/s1. The molecule has 1 saturated heterocycles. The van der Waals surface area contributed by atoms with Crippen molar-refractivity contribution in [2.24, 2.45) is 17.4 Å². The van der Waals surface area contributed by atoms with E-state index < -0.39 is 57.6 Å². The average molecular weight is 584 g/mol. The van der Waals surface area contributed by atoms with Gasteiger partial charge >= 0.3 is 6.03 Å². The molecule has 4 rings (SSSR count). The van der Waals surface area contributed by atoms with E-state index in [9.17, 15) is 19.4 Å². The molecule has 1 heterocycles. The number of urea groups is 1. The van der Waals surface area contributed by atoms with E-state index in [-0.39, 0.29) is 17.5 Å². The van der Waals surface area contributed by atoms with E-state index in [1.165, 1.54) is 13.2 Å². The zero-order valence-corrected chi connectivity index (χ0v) is 24.7. The van der Waals surface area contributed by atoms with Crippen molar-refractivity contribution in [3.63, 3.8) is 0 Å². The number of primary amides is 2. The monoisotopic (exact) mass is 583 g/mol. The third kappa shape index (κ3) is 6.21. The number of nitriles is 1. The van der Waals surface area contributed by atoms with Gasteiger partial charge in [-0.15, -0.1) is 4.72 Å². The summed E-state index contributed by atoms with van der Waals surface area (Å²) in [4.78, 5) is 25.9. The van der Waals surface area contributed by atoms with E-state index in [2.05, 4.69) is 10.8 Å². The Labute approximate surface area is 243 Å². The predicted octanol–water partition coefficient (Wildman–Crippen LogP) is 3.88. The lowest BCUT2D eigenvalue weighted by atomic mass is 9.77. The fourth-order valence-corrected chi connectivity index (χ4v) is 6.61. The van der Waals surface area contributed by atoms with Gasteiger partial charge in [-0.1, -0.05) is 43.2 Å². The molecule has 220 valence electrons. The maximum absolute atomic E-state index is 17.1. The van der Waals surface area contributed by atoms with Gasteiger partial charge in [0.1, 0.15) is 22.1 Å². The fraction of sp³-hybridized carbons (Fsp3) is 0.500. The van der Waals surface area contributed by atoms with Gasteiger partial charge in [0.2, 0.25) is 5.91 Å². The molecule has 5 N–H and O–H groups in total. The molecule has 0 spiro atoms. The van der Waals surface area contributed by atoms with Crippen LogP contribution in [-0.2, 0) is 26.4 Å². The molecule has 0 radical (unpaired) electrons. The highest BCUT2D eigenvalue weighted by molar-refractivity contribution is 7.90. The van der Waals surface area contributed by atoms with Gasteiger partial charge < -0.3 is 25.7 Å². The zero-order chi connectivity index (χ0) is 30.1. The Morgan fingerprint density at radius 2 is 1.90 bits per heavy atom. The van der Waals surface area contributed by atoms with E-state index in [1.54, 1.807) is 36.4 Å². The first-order chi connectivity index (χ1) is 19.3. The number of likely N-dealkylation sites (tertiary alicyclic amines) is 1. The Balaban J connectivity index is 1.96. The molecule has 2 aliphatic rings. The van der Waals surface area contributed by atoms with Crippen LogP contribution in [0.5, 0.6) is 0 Å². The topological polar surface area (TPSA) is 158 Å². The Kier molecular flexibility index (Phi) is 8.99. The molecule has 2 aromatic carbocycles. The second-order valence-corrected chi connectivity index (χ2v) is 13.9. The van der Waals surface area contributed by atoms with Crippen molar-refractivity contribution < 1.29 is 23.3 Å². The lowest BCUT2D eigenvalue weighted by Gasteiger charge is -2.39. The summed E-state index contributed by atoms with van der Waals surface area (Å²) < 4.78 is 39.0. The van der Waals surface area contributed by atoms with Crippen LogP contribution in [0.1, 0.15) is 81.2 Å². The Morgan fingerprint density at radius 3 is 2.46 bits per heavy atom. The molecule has 11 heteroatoms.